The average molecular weight is 471 g/mol. The number of nitrogens with one attached hydrogen (secondary N) is 2. The predicted octanol–water partition coefficient (Wildman–Crippen LogP) is 3.04. The second-order valence-electron chi connectivity index (χ2n) is 8.97. The number of pyridine rings is 1. The molecule has 9 nitrogen and oxygen atoms in total. The van der Waals surface area contributed by atoms with Gasteiger partial charge in [-0.25, -0.2) is 15.0 Å². The number of nitriles is 1. The Morgan fingerprint density at radius 3 is 2.63 bits per heavy atom. The summed E-state index contributed by atoms with van der Waals surface area (Å²) in [5.74, 6) is 1.76. The summed E-state index contributed by atoms with van der Waals surface area (Å²) in [5, 5.41) is 16.2. The number of hydrogen-bond acceptors (Lipinski definition) is 9. The number of likely N-dealkylation sites (N-methyl/N-ethyl adjacent to an activating group) is 1. The molecule has 5 rings (SSSR count). The molecular formula is C26H30N8O. The van der Waals surface area contributed by atoms with Crippen molar-refractivity contribution >= 4 is 17.5 Å². The Morgan fingerprint density at radius 2 is 1.89 bits per heavy atom. The predicted molar refractivity (Wildman–Crippen MR) is 136 cm³/mol. The quantitative estimate of drug-likeness (QED) is 0.563. The van der Waals surface area contributed by atoms with E-state index in [1.165, 1.54) is 0 Å². The lowest BCUT2D eigenvalue weighted by Gasteiger charge is -2.33. The SMILES string of the molecule is CN1CCN(c2ccc(Nc3nccc(-c4ccc(OC5CCNCC5)c(C#N)c4)n3)nc2)CC1. The van der Waals surface area contributed by atoms with Crippen LogP contribution in [-0.2, 0) is 0 Å². The Bertz CT molecular complexity index is 1180. The number of piperidine rings is 1. The summed E-state index contributed by atoms with van der Waals surface area (Å²) in [6.45, 7) is 5.99. The fraction of sp³-hybridized carbons (Fsp3) is 0.385. The lowest BCUT2D eigenvalue weighted by Crippen LogP contribution is -2.44. The van der Waals surface area contributed by atoms with E-state index in [2.05, 4.69) is 54.6 Å². The van der Waals surface area contributed by atoms with E-state index in [0.717, 1.165) is 69.1 Å². The fourth-order valence-corrected chi connectivity index (χ4v) is 4.38. The Morgan fingerprint density at radius 1 is 1.06 bits per heavy atom. The summed E-state index contributed by atoms with van der Waals surface area (Å²) in [4.78, 5) is 18.2. The van der Waals surface area contributed by atoms with Gasteiger partial charge in [-0.1, -0.05) is 0 Å². The maximum atomic E-state index is 9.70. The first-order chi connectivity index (χ1) is 17.2. The number of ether oxygens (including phenoxy) is 1. The highest BCUT2D eigenvalue weighted by atomic mass is 16.5. The summed E-state index contributed by atoms with van der Waals surface area (Å²) in [6.07, 6.45) is 5.61. The number of aromatic nitrogens is 3. The van der Waals surface area contributed by atoms with Gasteiger partial charge in [0, 0.05) is 37.9 Å². The Balaban J connectivity index is 1.27. The molecule has 0 bridgehead atoms. The van der Waals surface area contributed by atoms with Crippen LogP contribution in [0.25, 0.3) is 11.3 Å². The molecule has 4 heterocycles. The van der Waals surface area contributed by atoms with Crippen LogP contribution in [0, 0.1) is 11.3 Å². The van der Waals surface area contributed by atoms with Crippen LogP contribution in [0.5, 0.6) is 5.75 Å². The van der Waals surface area contributed by atoms with Crippen molar-refractivity contribution in [2.75, 3.05) is 56.5 Å². The molecule has 3 aromatic rings. The third-order valence-corrected chi connectivity index (χ3v) is 6.49. The van der Waals surface area contributed by atoms with Crippen molar-refractivity contribution < 1.29 is 4.74 Å². The molecule has 2 aliphatic rings. The lowest BCUT2D eigenvalue weighted by molar-refractivity contribution is 0.162. The van der Waals surface area contributed by atoms with Crippen LogP contribution in [0.3, 0.4) is 0 Å². The van der Waals surface area contributed by atoms with E-state index in [0.29, 0.717) is 23.1 Å². The molecule has 2 aliphatic heterocycles. The standard InChI is InChI=1S/C26H30N8O/c1-33-12-14-34(15-13-33)21-3-5-25(30-18-21)32-26-29-11-8-23(31-26)19-2-4-24(20(16-19)17-27)35-22-6-9-28-10-7-22/h2-5,8,11,16,18,22,28H,6-7,9-10,12-15H2,1H3,(H,29,30,31,32). The first-order valence-electron chi connectivity index (χ1n) is 12.1. The lowest BCUT2D eigenvalue weighted by atomic mass is 10.1. The van der Waals surface area contributed by atoms with Crippen LogP contribution >= 0.6 is 0 Å². The van der Waals surface area contributed by atoms with Crippen LogP contribution in [-0.4, -0.2) is 72.3 Å². The summed E-state index contributed by atoms with van der Waals surface area (Å²) in [7, 11) is 2.15. The number of anilines is 3. The zero-order chi connectivity index (χ0) is 24.0. The molecule has 2 saturated heterocycles. The molecule has 2 aromatic heterocycles. The molecule has 0 unspecified atom stereocenters. The molecule has 9 heteroatoms. The van der Waals surface area contributed by atoms with Gasteiger partial charge in [-0.3, -0.25) is 0 Å². The van der Waals surface area contributed by atoms with Gasteiger partial charge in [-0.15, -0.1) is 0 Å². The van der Waals surface area contributed by atoms with Crippen LogP contribution in [0.4, 0.5) is 17.5 Å². The highest BCUT2D eigenvalue weighted by molar-refractivity contribution is 5.65. The highest BCUT2D eigenvalue weighted by Gasteiger charge is 2.17. The number of nitrogens with zero attached hydrogens (tertiary/aromatic N) is 6. The van der Waals surface area contributed by atoms with E-state index < -0.39 is 0 Å². The second kappa shape index (κ2) is 10.7. The molecule has 35 heavy (non-hydrogen) atoms. The van der Waals surface area contributed by atoms with E-state index in [4.69, 9.17) is 4.74 Å². The van der Waals surface area contributed by atoms with E-state index in [1.54, 1.807) is 6.20 Å². The minimum absolute atomic E-state index is 0.138. The van der Waals surface area contributed by atoms with E-state index in [9.17, 15) is 5.26 Å². The monoisotopic (exact) mass is 470 g/mol. The number of piperazine rings is 1. The van der Waals surface area contributed by atoms with E-state index in [-0.39, 0.29) is 6.10 Å². The third-order valence-electron chi connectivity index (χ3n) is 6.49. The Labute approximate surface area is 205 Å². The maximum Gasteiger partial charge on any atom is 0.228 e. The molecule has 0 aliphatic carbocycles. The van der Waals surface area contributed by atoms with Crippen LogP contribution in [0.1, 0.15) is 18.4 Å². The first-order valence-corrected chi connectivity index (χ1v) is 12.1. The minimum atomic E-state index is 0.138. The van der Waals surface area contributed by atoms with Crippen molar-refractivity contribution in [2.24, 2.45) is 0 Å². The molecule has 0 spiro atoms. The van der Waals surface area contributed by atoms with Crippen molar-refractivity contribution in [1.29, 1.82) is 5.26 Å². The summed E-state index contributed by atoms with van der Waals surface area (Å²) >= 11 is 0. The van der Waals surface area contributed by atoms with Crippen molar-refractivity contribution in [2.45, 2.75) is 18.9 Å². The second-order valence-corrected chi connectivity index (χ2v) is 8.97. The fourth-order valence-electron chi connectivity index (χ4n) is 4.38. The molecule has 0 atom stereocenters. The molecule has 0 saturated carbocycles. The number of benzene rings is 1. The zero-order valence-corrected chi connectivity index (χ0v) is 19.9. The van der Waals surface area contributed by atoms with Crippen molar-refractivity contribution in [3.63, 3.8) is 0 Å². The molecule has 2 fully saturated rings. The molecule has 2 N–H and O–H groups in total. The van der Waals surface area contributed by atoms with Gasteiger partial charge in [0.2, 0.25) is 5.95 Å². The van der Waals surface area contributed by atoms with Crippen LogP contribution in [0.15, 0.2) is 48.8 Å². The normalized spacial score (nSPS) is 17.1. The van der Waals surface area contributed by atoms with Crippen molar-refractivity contribution in [1.82, 2.24) is 25.2 Å². The van der Waals surface area contributed by atoms with Gasteiger partial charge in [0.05, 0.1) is 23.1 Å². The molecule has 1 aromatic carbocycles. The largest absolute Gasteiger partial charge is 0.489 e. The topological polar surface area (TPSA) is 102 Å². The highest BCUT2D eigenvalue weighted by Crippen LogP contribution is 2.28. The maximum absolute atomic E-state index is 9.70. The van der Waals surface area contributed by atoms with Gasteiger partial charge in [0.25, 0.3) is 0 Å². The van der Waals surface area contributed by atoms with Gasteiger partial charge >= 0.3 is 0 Å². The average Bonchev–Trinajstić information content (AvgIpc) is 2.91. The third kappa shape index (κ3) is 5.67. The summed E-state index contributed by atoms with van der Waals surface area (Å²) in [5.41, 5.74) is 3.19. The summed E-state index contributed by atoms with van der Waals surface area (Å²) < 4.78 is 6.11. The first kappa shape index (κ1) is 23.0. The van der Waals surface area contributed by atoms with Crippen molar-refractivity contribution in [3.8, 4) is 23.1 Å². The van der Waals surface area contributed by atoms with Crippen LogP contribution < -0.4 is 20.3 Å². The molecule has 180 valence electrons. The molecule has 0 radical (unpaired) electrons. The Hall–Kier alpha value is -3.74. The molecule has 0 amide bonds. The van der Waals surface area contributed by atoms with Gasteiger partial charge in [-0.05, 0) is 69.4 Å². The van der Waals surface area contributed by atoms with Gasteiger partial charge in [0.1, 0.15) is 23.7 Å². The van der Waals surface area contributed by atoms with Gasteiger partial charge in [-0.2, -0.15) is 5.26 Å². The van der Waals surface area contributed by atoms with E-state index in [1.807, 2.05) is 36.5 Å². The van der Waals surface area contributed by atoms with Crippen LogP contribution in [0.2, 0.25) is 0 Å². The van der Waals surface area contributed by atoms with Gasteiger partial charge in [0.15, 0.2) is 0 Å². The molecular weight excluding hydrogens is 440 g/mol. The Kier molecular flexibility index (Phi) is 7.02. The van der Waals surface area contributed by atoms with Crippen molar-refractivity contribution in [3.05, 3.63) is 54.4 Å². The number of rotatable bonds is 6. The van der Waals surface area contributed by atoms with Gasteiger partial charge < -0.3 is 25.2 Å². The zero-order valence-electron chi connectivity index (χ0n) is 19.9. The van der Waals surface area contributed by atoms with E-state index >= 15 is 0 Å². The number of hydrogen-bond donors (Lipinski definition) is 2. The smallest absolute Gasteiger partial charge is 0.228 e. The summed E-state index contributed by atoms with van der Waals surface area (Å²) in [6, 6.07) is 13.8. The minimum Gasteiger partial charge on any atom is -0.489 e.